The molecule has 9 nitrogen and oxygen atoms in total. The van der Waals surface area contributed by atoms with Crippen molar-refractivity contribution in [3.63, 3.8) is 0 Å². The maximum atomic E-state index is 12.8. The Kier molecular flexibility index (Phi) is 6.70. The zero-order chi connectivity index (χ0) is 25.2. The van der Waals surface area contributed by atoms with Crippen LogP contribution in [0.3, 0.4) is 0 Å². The summed E-state index contributed by atoms with van der Waals surface area (Å²) in [5.41, 5.74) is 1.42. The zero-order valence-electron chi connectivity index (χ0n) is 18.8. The number of rotatable bonds is 8. The topological polar surface area (TPSA) is 141 Å². The number of nitrogens with zero attached hydrogens (tertiary/aromatic N) is 1. The molecular weight excluding hydrogens is 472 g/mol. The Morgan fingerprint density at radius 3 is 2.20 bits per heavy atom. The molecule has 10 heteroatoms. The third kappa shape index (κ3) is 5.41. The van der Waals surface area contributed by atoms with E-state index in [1.807, 2.05) is 48.5 Å². The van der Waals surface area contributed by atoms with Gasteiger partial charge in [0.05, 0.1) is 11.5 Å². The average Bonchev–Trinajstić information content (AvgIpc) is 3.63. The van der Waals surface area contributed by atoms with Crippen LogP contribution in [0.4, 0.5) is 0 Å². The van der Waals surface area contributed by atoms with E-state index in [1.165, 1.54) is 6.92 Å². The first-order valence-electron chi connectivity index (χ1n) is 11.0. The molecule has 1 heterocycles. The predicted molar refractivity (Wildman–Crippen MR) is 129 cm³/mol. The van der Waals surface area contributed by atoms with E-state index < -0.39 is 34.8 Å². The fourth-order valence-corrected chi connectivity index (χ4v) is 3.73. The highest BCUT2D eigenvalue weighted by atomic mass is 35.5. The van der Waals surface area contributed by atoms with Gasteiger partial charge in [0.1, 0.15) is 5.56 Å². The second-order valence-electron chi connectivity index (χ2n) is 8.54. The number of benzene rings is 2. The van der Waals surface area contributed by atoms with E-state index in [0.717, 1.165) is 35.7 Å². The number of amides is 2. The number of aliphatic carboxylic acids is 1. The Morgan fingerprint density at radius 2 is 1.66 bits per heavy atom. The van der Waals surface area contributed by atoms with Crippen LogP contribution in [-0.4, -0.2) is 39.4 Å². The maximum absolute atomic E-state index is 12.8. The second kappa shape index (κ2) is 9.71. The molecule has 4 N–H and O–H groups in total. The minimum absolute atomic E-state index is 0.126. The first-order valence-corrected chi connectivity index (χ1v) is 11.4. The molecule has 3 aromatic rings. The van der Waals surface area contributed by atoms with Crippen molar-refractivity contribution in [3.8, 4) is 11.1 Å². The van der Waals surface area contributed by atoms with Gasteiger partial charge in [-0.05, 0) is 41.7 Å². The number of hydrogen-bond acceptors (Lipinski definition) is 5. The highest BCUT2D eigenvalue weighted by Gasteiger charge is 2.46. The van der Waals surface area contributed by atoms with Gasteiger partial charge in [-0.15, -0.1) is 0 Å². The van der Waals surface area contributed by atoms with Crippen LogP contribution >= 0.6 is 11.6 Å². The number of hydrogen-bond donors (Lipinski definition) is 4. The van der Waals surface area contributed by atoms with Gasteiger partial charge >= 0.3 is 5.97 Å². The van der Waals surface area contributed by atoms with Crippen LogP contribution in [0, 0.1) is 5.92 Å². The third-order valence-corrected chi connectivity index (χ3v) is 6.22. The lowest BCUT2D eigenvalue weighted by Crippen LogP contribution is -2.39. The molecule has 2 aromatic carbocycles. The largest absolute Gasteiger partial charge is 0.481 e. The van der Waals surface area contributed by atoms with Gasteiger partial charge in [0.15, 0.2) is 5.82 Å². The van der Waals surface area contributed by atoms with Gasteiger partial charge in [-0.3, -0.25) is 19.2 Å². The maximum Gasteiger partial charge on any atom is 0.308 e. The van der Waals surface area contributed by atoms with Gasteiger partial charge in [0, 0.05) is 17.8 Å². The molecule has 0 radical (unpaired) electrons. The molecule has 0 bridgehead atoms. The first kappa shape index (κ1) is 24.2. The monoisotopic (exact) mass is 494 g/mol. The third-order valence-electron chi connectivity index (χ3n) is 5.97. The fourth-order valence-electron chi connectivity index (χ4n) is 3.61. The van der Waals surface area contributed by atoms with Crippen molar-refractivity contribution in [2.75, 3.05) is 6.54 Å². The molecule has 0 spiro atoms. The molecule has 180 valence electrons. The van der Waals surface area contributed by atoms with E-state index in [9.17, 15) is 19.2 Å². The first-order chi connectivity index (χ1) is 16.7. The van der Waals surface area contributed by atoms with Gasteiger partial charge in [-0.25, -0.2) is 4.98 Å². The van der Waals surface area contributed by atoms with Crippen LogP contribution in [0.2, 0.25) is 5.02 Å². The van der Waals surface area contributed by atoms with Crippen molar-refractivity contribution in [1.29, 1.82) is 0 Å². The van der Waals surface area contributed by atoms with E-state index in [4.69, 9.17) is 16.7 Å². The minimum Gasteiger partial charge on any atom is -0.481 e. The molecule has 1 aromatic heterocycles. The van der Waals surface area contributed by atoms with Crippen molar-refractivity contribution in [3.05, 3.63) is 87.1 Å². The fraction of sp³-hybridized carbons (Fsp3) is 0.240. The Balaban J connectivity index is 1.43. The van der Waals surface area contributed by atoms with E-state index in [1.54, 1.807) is 0 Å². The van der Waals surface area contributed by atoms with Crippen LogP contribution < -0.4 is 16.2 Å². The highest BCUT2D eigenvalue weighted by Crippen LogP contribution is 2.46. The summed E-state index contributed by atoms with van der Waals surface area (Å²) in [6.07, 6.45) is 2.50. The molecule has 35 heavy (non-hydrogen) atoms. The van der Waals surface area contributed by atoms with Crippen LogP contribution in [0.1, 0.15) is 46.3 Å². The molecular formula is C25H23ClN4O5. The molecule has 4 rings (SSSR count). The zero-order valence-corrected chi connectivity index (χ0v) is 19.6. The smallest absolute Gasteiger partial charge is 0.308 e. The summed E-state index contributed by atoms with van der Waals surface area (Å²) >= 11 is 5.95. The van der Waals surface area contributed by atoms with E-state index in [2.05, 4.69) is 20.6 Å². The van der Waals surface area contributed by atoms with Crippen molar-refractivity contribution in [1.82, 2.24) is 20.6 Å². The summed E-state index contributed by atoms with van der Waals surface area (Å²) in [4.78, 5) is 54.5. The molecule has 2 amide bonds. The number of carboxylic acids is 1. The normalized spacial score (nSPS) is 14.6. The Hall–Kier alpha value is -3.98. The summed E-state index contributed by atoms with van der Waals surface area (Å²) in [5, 5.41) is 14.9. The molecule has 0 aliphatic heterocycles. The summed E-state index contributed by atoms with van der Waals surface area (Å²) < 4.78 is 0. The second-order valence-corrected chi connectivity index (χ2v) is 8.98. The number of H-pyrrole nitrogens is 1. The Morgan fingerprint density at radius 1 is 1.06 bits per heavy atom. The van der Waals surface area contributed by atoms with Crippen molar-refractivity contribution in [2.24, 2.45) is 5.92 Å². The number of carbonyl (C=O) groups is 3. The van der Waals surface area contributed by atoms with Gasteiger partial charge in [0.25, 0.3) is 17.4 Å². The number of nitrogens with one attached hydrogen (secondary N) is 3. The molecule has 1 aliphatic rings. The summed E-state index contributed by atoms with van der Waals surface area (Å²) in [6, 6.07) is 15.4. The number of carboxylic acid groups (broad SMARTS) is 1. The van der Waals surface area contributed by atoms with Crippen molar-refractivity contribution in [2.45, 2.75) is 25.3 Å². The predicted octanol–water partition coefficient (Wildman–Crippen LogP) is 2.96. The van der Waals surface area contributed by atoms with Gasteiger partial charge < -0.3 is 20.7 Å². The summed E-state index contributed by atoms with van der Waals surface area (Å²) in [7, 11) is 0. The summed E-state index contributed by atoms with van der Waals surface area (Å²) in [5.74, 6) is -3.49. The van der Waals surface area contributed by atoms with E-state index >= 15 is 0 Å². The van der Waals surface area contributed by atoms with E-state index in [-0.39, 0.29) is 17.9 Å². The lowest BCUT2D eigenvalue weighted by atomic mass is 9.99. The summed E-state index contributed by atoms with van der Waals surface area (Å²) in [6.45, 7) is 1.31. The molecule has 0 saturated heterocycles. The van der Waals surface area contributed by atoms with Crippen molar-refractivity contribution >= 4 is 29.4 Å². The lowest BCUT2D eigenvalue weighted by molar-refractivity contribution is -0.140. The van der Waals surface area contributed by atoms with E-state index in [0.29, 0.717) is 5.02 Å². The van der Waals surface area contributed by atoms with Gasteiger partial charge in [-0.2, -0.15) is 0 Å². The number of aromatic nitrogens is 2. The molecule has 1 fully saturated rings. The number of halogens is 1. The standard InChI is InChI=1S/C25H23ClN4O5/c1-14(24(34)35)12-28-23(33)20-27-13-19(21(31)29-20)22(32)30-25(10-11-25)17-6-2-15(3-7-17)16-4-8-18(26)9-5-16/h2-9,13-14H,10-12H2,1H3,(H,28,33)(H,30,32)(H,34,35)(H,27,29,31)/t14-/m1/s1. The Bertz CT molecular complexity index is 1330. The van der Waals surface area contributed by atoms with Crippen LogP contribution in [-0.2, 0) is 10.3 Å². The SMILES string of the molecule is C[C@H](CNC(=O)c1ncc(C(=O)NC2(c3ccc(-c4ccc(Cl)cc4)cc3)CC2)c(=O)[nH]1)C(=O)O. The molecule has 1 aliphatic carbocycles. The number of carbonyl (C=O) groups excluding carboxylic acids is 2. The quantitative estimate of drug-likeness (QED) is 0.379. The van der Waals surface area contributed by atoms with Gasteiger partial charge in [0.2, 0.25) is 0 Å². The average molecular weight is 495 g/mol. The minimum atomic E-state index is -1.06. The molecule has 0 unspecified atom stereocenters. The highest BCUT2D eigenvalue weighted by molar-refractivity contribution is 6.30. The van der Waals surface area contributed by atoms with Crippen LogP contribution in [0.25, 0.3) is 11.1 Å². The van der Waals surface area contributed by atoms with Crippen molar-refractivity contribution < 1.29 is 19.5 Å². The van der Waals surface area contributed by atoms with Gasteiger partial charge in [-0.1, -0.05) is 54.9 Å². The lowest BCUT2D eigenvalue weighted by Gasteiger charge is -2.18. The molecule has 1 saturated carbocycles. The Labute approximate surface area is 205 Å². The van der Waals surface area contributed by atoms with Crippen LogP contribution in [0.15, 0.2) is 59.5 Å². The number of aromatic amines is 1. The van der Waals surface area contributed by atoms with Crippen LogP contribution in [0.5, 0.6) is 0 Å². The molecule has 1 atom stereocenters.